The number of carbonyl (C=O) groups excluding carboxylic acids is 1. The van der Waals surface area contributed by atoms with Crippen LogP contribution in [0.3, 0.4) is 0 Å². The van der Waals surface area contributed by atoms with E-state index in [2.05, 4.69) is 10.3 Å². The molecule has 0 aliphatic carbocycles. The van der Waals surface area contributed by atoms with Crippen molar-refractivity contribution in [2.45, 2.75) is 6.92 Å². The zero-order valence-corrected chi connectivity index (χ0v) is 9.75. The molecule has 0 radical (unpaired) electrons. The summed E-state index contributed by atoms with van der Waals surface area (Å²) in [6, 6.07) is 1.88. The van der Waals surface area contributed by atoms with E-state index in [4.69, 9.17) is 5.26 Å². The van der Waals surface area contributed by atoms with Gasteiger partial charge in [-0.1, -0.05) is 0 Å². The maximum absolute atomic E-state index is 10.7. The van der Waals surface area contributed by atoms with Crippen molar-refractivity contribution in [3.8, 4) is 4.97 Å². The van der Waals surface area contributed by atoms with Gasteiger partial charge in [-0.25, -0.2) is 0 Å². The minimum absolute atomic E-state index is 0.0708. The summed E-state index contributed by atoms with van der Waals surface area (Å²) in [6.45, 7) is 1.48. The first kappa shape index (κ1) is 9.57. The number of hydrogen-bond acceptors (Lipinski definition) is 2. The van der Waals surface area contributed by atoms with Crippen LogP contribution in [0.25, 0.3) is 0 Å². The molecule has 0 atom stereocenters. The Balaban J connectivity index is 2.78. The molecule has 3 nitrogen and oxygen atoms in total. The number of amides is 1. The Morgan fingerprint density at radius 3 is 3.17 bits per heavy atom. The number of carbonyl (C=O) groups is 1. The summed E-state index contributed by atoms with van der Waals surface area (Å²) in [4.78, 5) is 14.9. The third-order valence-electron chi connectivity index (χ3n) is 1.08. The molecule has 1 aromatic heterocycles. The van der Waals surface area contributed by atoms with E-state index >= 15 is 0 Å². The van der Waals surface area contributed by atoms with Crippen LogP contribution in [0, 0.1) is 10.2 Å². The van der Waals surface area contributed by atoms with E-state index in [-0.39, 0.29) is 35.4 Å². The van der Waals surface area contributed by atoms with E-state index in [1.54, 1.807) is 0 Å². The molecule has 0 saturated heterocycles. The van der Waals surface area contributed by atoms with Crippen molar-refractivity contribution in [1.82, 2.24) is 0 Å². The Morgan fingerprint density at radius 2 is 2.58 bits per heavy atom. The van der Waals surface area contributed by atoms with Crippen LogP contribution in [-0.4, -0.2) is 35.4 Å². The van der Waals surface area contributed by atoms with Crippen molar-refractivity contribution in [1.29, 1.82) is 5.26 Å². The molecular formula is C7H6N2OSe2. The van der Waals surface area contributed by atoms with Crippen molar-refractivity contribution in [2.75, 3.05) is 5.32 Å². The zero-order chi connectivity index (χ0) is 8.97. The normalized spacial score (nSPS) is 9.00. The second-order valence-corrected chi connectivity index (χ2v) is 6.90. The van der Waals surface area contributed by atoms with Gasteiger partial charge in [-0.15, -0.1) is 0 Å². The maximum atomic E-state index is 10.7. The Labute approximate surface area is 82.7 Å². The third-order valence-corrected chi connectivity index (χ3v) is 5.56. The molecule has 0 bridgehead atoms. The van der Waals surface area contributed by atoms with E-state index < -0.39 is 0 Å². The van der Waals surface area contributed by atoms with E-state index in [1.165, 1.54) is 6.92 Å². The molecule has 1 amide bonds. The standard InChI is InChI=1S/C7H6N2OSe2/c1-5(10)9-6-2-3-11-7(6)12-4-8/h2-3H,1H3,(H,9,10). The molecule has 0 aliphatic heterocycles. The average Bonchev–Trinajstić information content (AvgIpc) is 2.37. The van der Waals surface area contributed by atoms with Crippen molar-refractivity contribution in [2.24, 2.45) is 0 Å². The summed E-state index contributed by atoms with van der Waals surface area (Å²) in [7, 11) is 0. The monoisotopic (exact) mass is 294 g/mol. The van der Waals surface area contributed by atoms with Crippen LogP contribution in [0.5, 0.6) is 0 Å². The SMILES string of the molecule is CC(=O)Nc1cc[se]c1[Se]C#N. The molecule has 0 spiro atoms. The van der Waals surface area contributed by atoms with Gasteiger partial charge in [0.1, 0.15) is 0 Å². The first-order chi connectivity index (χ1) is 5.74. The van der Waals surface area contributed by atoms with Gasteiger partial charge in [0.2, 0.25) is 0 Å². The van der Waals surface area contributed by atoms with Crippen LogP contribution in [0.2, 0.25) is 0 Å². The fourth-order valence-electron chi connectivity index (χ4n) is 0.698. The fraction of sp³-hybridized carbons (Fsp3) is 0.143. The summed E-state index contributed by atoms with van der Waals surface area (Å²) in [5.41, 5.74) is 0.851. The first-order valence-corrected chi connectivity index (χ1v) is 6.71. The Hall–Kier alpha value is -0.521. The molecule has 0 aliphatic rings. The van der Waals surface area contributed by atoms with Crippen LogP contribution in [0.4, 0.5) is 5.69 Å². The van der Waals surface area contributed by atoms with Crippen molar-refractivity contribution in [3.05, 3.63) is 11.0 Å². The van der Waals surface area contributed by atoms with Crippen LogP contribution < -0.4 is 8.65 Å². The number of rotatable bonds is 2. The van der Waals surface area contributed by atoms with Gasteiger partial charge >= 0.3 is 82.7 Å². The summed E-state index contributed by atoms with van der Waals surface area (Å²) < 4.78 is 1.12. The molecule has 1 N–H and O–H groups in total. The van der Waals surface area contributed by atoms with E-state index in [0.29, 0.717) is 0 Å². The fourth-order valence-corrected chi connectivity index (χ4v) is 4.19. The van der Waals surface area contributed by atoms with E-state index in [0.717, 1.165) is 9.02 Å². The summed E-state index contributed by atoms with van der Waals surface area (Å²) in [5, 5.41) is 11.2. The quantitative estimate of drug-likeness (QED) is 0.748. The molecule has 0 unspecified atom stereocenters. The first-order valence-electron chi connectivity index (χ1n) is 3.15. The van der Waals surface area contributed by atoms with Crippen LogP contribution in [-0.2, 0) is 4.79 Å². The van der Waals surface area contributed by atoms with E-state index in [1.807, 2.05) is 11.0 Å². The van der Waals surface area contributed by atoms with Gasteiger partial charge in [0.15, 0.2) is 0 Å². The number of anilines is 1. The molecule has 0 saturated carbocycles. The van der Waals surface area contributed by atoms with Crippen molar-refractivity contribution in [3.63, 3.8) is 0 Å². The van der Waals surface area contributed by atoms with Crippen LogP contribution in [0.1, 0.15) is 6.92 Å². The topological polar surface area (TPSA) is 52.9 Å². The van der Waals surface area contributed by atoms with E-state index in [9.17, 15) is 4.79 Å². The molecular weight excluding hydrogens is 286 g/mol. The molecule has 5 heteroatoms. The number of nitriles is 1. The van der Waals surface area contributed by atoms with Gasteiger partial charge in [0.05, 0.1) is 0 Å². The molecule has 1 heterocycles. The number of nitrogens with one attached hydrogen (secondary N) is 1. The van der Waals surface area contributed by atoms with Crippen molar-refractivity contribution >= 4 is 44.4 Å². The number of hydrogen-bond donors (Lipinski definition) is 1. The molecule has 0 fully saturated rings. The van der Waals surface area contributed by atoms with Gasteiger partial charge < -0.3 is 0 Å². The molecule has 1 aromatic rings. The third kappa shape index (κ3) is 2.51. The minimum atomic E-state index is -0.110. The Bertz CT molecular complexity index is 326. The average molecular weight is 292 g/mol. The van der Waals surface area contributed by atoms with Crippen LogP contribution in [0.15, 0.2) is 11.0 Å². The Kier molecular flexibility index (Phi) is 3.58. The predicted molar refractivity (Wildman–Crippen MR) is 48.7 cm³/mol. The summed E-state index contributed by atoms with van der Waals surface area (Å²) >= 11 is 0.175. The number of nitrogens with zero attached hydrogens (tertiary/aromatic N) is 1. The van der Waals surface area contributed by atoms with Gasteiger partial charge in [0.25, 0.3) is 0 Å². The molecule has 62 valence electrons. The molecule has 0 aromatic carbocycles. The van der Waals surface area contributed by atoms with Crippen LogP contribution >= 0.6 is 0 Å². The predicted octanol–water partition coefficient (Wildman–Crippen LogP) is -0.487. The summed E-state index contributed by atoms with van der Waals surface area (Å²) in [5.74, 6) is -0.0708. The van der Waals surface area contributed by atoms with Gasteiger partial charge in [-0.2, -0.15) is 0 Å². The second kappa shape index (κ2) is 4.49. The van der Waals surface area contributed by atoms with Gasteiger partial charge in [-0.05, 0) is 0 Å². The van der Waals surface area contributed by atoms with Gasteiger partial charge in [-0.3, -0.25) is 0 Å². The summed E-state index contributed by atoms with van der Waals surface area (Å²) in [6.07, 6.45) is 0. The molecule has 12 heavy (non-hydrogen) atoms. The van der Waals surface area contributed by atoms with Crippen molar-refractivity contribution < 1.29 is 4.79 Å². The van der Waals surface area contributed by atoms with Gasteiger partial charge in [0, 0.05) is 0 Å². The Morgan fingerprint density at radius 1 is 1.83 bits per heavy atom. The zero-order valence-electron chi connectivity index (χ0n) is 6.33. The second-order valence-electron chi connectivity index (χ2n) is 2.00. The molecule has 1 rings (SSSR count).